The van der Waals surface area contributed by atoms with Crippen molar-refractivity contribution in [2.45, 2.75) is 50.3 Å². The number of phosphoric acid groups is 1. The van der Waals surface area contributed by atoms with Crippen LogP contribution >= 0.6 is 7.82 Å². The Hall–Kier alpha value is 0.145. The third-order valence-electron chi connectivity index (χ3n) is 5.50. The molecular weight excluding hydrogens is 360 g/mol. The molecule has 0 aromatic rings. The highest BCUT2D eigenvalue weighted by molar-refractivity contribution is 7.47. The average molecular weight is 390 g/mol. The maximum Gasteiger partial charge on any atom is 0.472 e. The monoisotopic (exact) mass is 390 g/mol. The predicted octanol–water partition coefficient (Wildman–Crippen LogP) is -1.51. The van der Waals surface area contributed by atoms with E-state index in [0.717, 1.165) is 7.17 Å². The van der Waals surface area contributed by atoms with Gasteiger partial charge < -0.3 is 23.8 Å². The predicted molar refractivity (Wildman–Crippen MR) is 103 cm³/mol. The second-order valence-corrected chi connectivity index (χ2v) is 8.62. The van der Waals surface area contributed by atoms with Crippen LogP contribution in [0.25, 0.3) is 0 Å². The molecule has 0 saturated carbocycles. The Morgan fingerprint density at radius 3 is 2.35 bits per heavy atom. The van der Waals surface area contributed by atoms with Gasteiger partial charge >= 0.3 is 7.82 Å². The molecule has 1 N–H and O–H groups in total. The molecule has 2 aliphatic heterocycles. The smallest absolute Gasteiger partial charge is 0.382 e. The lowest BCUT2D eigenvalue weighted by Gasteiger charge is -2.25. The summed E-state index contributed by atoms with van der Waals surface area (Å²) in [5, 5.41) is 0. The molecule has 0 aromatic heterocycles. The van der Waals surface area contributed by atoms with Crippen molar-refractivity contribution in [3.63, 3.8) is 0 Å². The van der Waals surface area contributed by atoms with Crippen LogP contribution in [0.3, 0.4) is 0 Å². The van der Waals surface area contributed by atoms with Gasteiger partial charge in [-0.25, -0.2) is 4.57 Å². The highest BCUT2D eigenvalue weighted by Crippen LogP contribution is 2.49. The van der Waals surface area contributed by atoms with E-state index in [4.69, 9.17) is 28.0 Å². The summed E-state index contributed by atoms with van der Waals surface area (Å²) in [6, 6.07) is -0.0508. The van der Waals surface area contributed by atoms with E-state index in [0.29, 0.717) is 0 Å². The van der Waals surface area contributed by atoms with Crippen LogP contribution in [0.2, 0.25) is 0 Å². The van der Waals surface area contributed by atoms with Gasteiger partial charge in [0.05, 0.1) is 27.1 Å². The normalized spacial score (nSPS) is 42.7. The molecule has 0 spiro atoms. The van der Waals surface area contributed by atoms with Crippen molar-refractivity contribution in [3.8, 4) is 0 Å². The van der Waals surface area contributed by atoms with Crippen molar-refractivity contribution in [1.29, 1.82) is 0 Å². The summed E-state index contributed by atoms with van der Waals surface area (Å²) in [4.78, 5) is 10.2. The molecule has 2 rings (SSSR count). The van der Waals surface area contributed by atoms with Crippen molar-refractivity contribution >= 4 is 30.6 Å². The van der Waals surface area contributed by atoms with E-state index in [9.17, 15) is 9.46 Å². The minimum Gasteiger partial charge on any atom is -0.382 e. The van der Waals surface area contributed by atoms with E-state index in [-0.39, 0.29) is 43.2 Å². The van der Waals surface area contributed by atoms with Gasteiger partial charge in [-0.05, 0) is 0 Å². The molecular formula is C14H30B3O8P. The molecule has 8 nitrogen and oxygen atoms in total. The van der Waals surface area contributed by atoms with Crippen LogP contribution < -0.4 is 0 Å². The SMILES string of the molecule is BB[C@@H]1O[C@H](COP(=O)(O)OC2[C@@H](COC)O[C@@H](B)[C@H]2C)C(OC)[C@@H]1C. The van der Waals surface area contributed by atoms with Crippen molar-refractivity contribution in [2.24, 2.45) is 11.8 Å². The number of phosphoric ester groups is 1. The lowest BCUT2D eigenvalue weighted by Crippen LogP contribution is -2.33. The van der Waals surface area contributed by atoms with E-state index in [1.165, 1.54) is 0 Å². The first-order chi connectivity index (χ1) is 12.2. The largest absolute Gasteiger partial charge is 0.472 e. The Bertz CT molecular complexity index is 501. The molecule has 2 aliphatic rings. The molecule has 26 heavy (non-hydrogen) atoms. The fourth-order valence-electron chi connectivity index (χ4n) is 3.84. The molecule has 3 unspecified atom stereocenters. The Morgan fingerprint density at radius 2 is 1.77 bits per heavy atom. The Kier molecular flexibility index (Phi) is 8.25. The molecule has 0 aliphatic carbocycles. The highest BCUT2D eigenvalue weighted by atomic mass is 31.2. The van der Waals surface area contributed by atoms with Crippen LogP contribution in [0.5, 0.6) is 0 Å². The van der Waals surface area contributed by atoms with Crippen molar-refractivity contribution in [1.82, 2.24) is 0 Å². The summed E-state index contributed by atoms with van der Waals surface area (Å²) >= 11 is 0. The van der Waals surface area contributed by atoms with Crippen LogP contribution in [-0.4, -0.2) is 91.5 Å². The quantitative estimate of drug-likeness (QED) is 0.376. The van der Waals surface area contributed by atoms with Crippen LogP contribution in [0.15, 0.2) is 0 Å². The van der Waals surface area contributed by atoms with Crippen molar-refractivity contribution in [3.05, 3.63) is 0 Å². The highest BCUT2D eigenvalue weighted by Gasteiger charge is 2.46. The van der Waals surface area contributed by atoms with E-state index in [2.05, 4.69) is 0 Å². The van der Waals surface area contributed by atoms with Gasteiger partial charge in [0.1, 0.15) is 33.3 Å². The second kappa shape index (κ2) is 9.57. The zero-order chi connectivity index (χ0) is 19.5. The van der Waals surface area contributed by atoms with Gasteiger partial charge in [0, 0.05) is 38.1 Å². The number of ether oxygens (including phenoxy) is 4. The third-order valence-corrected chi connectivity index (χ3v) is 6.48. The molecule has 0 radical (unpaired) electrons. The fraction of sp³-hybridized carbons (Fsp3) is 1.00. The van der Waals surface area contributed by atoms with Gasteiger partial charge in [0.15, 0.2) is 0 Å². The average Bonchev–Trinajstić information content (AvgIpc) is 3.04. The first-order valence-corrected chi connectivity index (χ1v) is 10.7. The maximum absolute atomic E-state index is 12.5. The Labute approximate surface area is 158 Å². The topological polar surface area (TPSA) is 92.7 Å². The van der Waals surface area contributed by atoms with Gasteiger partial charge in [-0.3, -0.25) is 9.05 Å². The van der Waals surface area contributed by atoms with Gasteiger partial charge in [0.2, 0.25) is 0 Å². The van der Waals surface area contributed by atoms with Crippen molar-refractivity contribution in [2.75, 3.05) is 27.4 Å². The lowest BCUT2D eigenvalue weighted by atomic mass is 9.49. The molecule has 0 aromatic carbocycles. The number of hydrogen-bond acceptors (Lipinski definition) is 7. The van der Waals surface area contributed by atoms with Crippen molar-refractivity contribution < 1.29 is 37.5 Å². The number of rotatable bonds is 9. The zero-order valence-electron chi connectivity index (χ0n) is 16.5. The van der Waals surface area contributed by atoms with E-state index in [1.54, 1.807) is 14.2 Å². The van der Waals surface area contributed by atoms with Gasteiger partial charge in [-0.1, -0.05) is 13.8 Å². The van der Waals surface area contributed by atoms with E-state index >= 15 is 0 Å². The van der Waals surface area contributed by atoms with Gasteiger partial charge in [-0.2, -0.15) is 0 Å². The zero-order valence-corrected chi connectivity index (χ0v) is 17.4. The Balaban J connectivity index is 1.95. The second-order valence-electron chi connectivity index (χ2n) is 7.21. The Morgan fingerprint density at radius 1 is 1.12 bits per heavy atom. The summed E-state index contributed by atoms with van der Waals surface area (Å²) in [5.74, 6) is 0.131. The maximum atomic E-state index is 12.5. The summed E-state index contributed by atoms with van der Waals surface area (Å²) in [6.45, 7) is 4.18. The number of hydrogen-bond donors (Lipinski definition) is 1. The fourth-order valence-corrected chi connectivity index (χ4v) is 4.87. The molecule has 148 valence electrons. The molecule has 2 heterocycles. The first-order valence-electron chi connectivity index (χ1n) is 9.22. The van der Waals surface area contributed by atoms with Crippen LogP contribution in [0, 0.1) is 11.8 Å². The number of methoxy groups -OCH3 is 2. The summed E-state index contributed by atoms with van der Waals surface area (Å²) in [6.07, 6.45) is -1.58. The molecule has 2 fully saturated rings. The summed E-state index contributed by atoms with van der Waals surface area (Å²) in [7, 11) is 3.67. The minimum atomic E-state index is -4.28. The van der Waals surface area contributed by atoms with Gasteiger partial charge in [-0.15, -0.1) is 0 Å². The summed E-state index contributed by atoms with van der Waals surface area (Å²) in [5.41, 5.74) is 0. The molecule has 2 saturated heterocycles. The van der Waals surface area contributed by atoms with E-state index in [1.807, 2.05) is 29.4 Å². The van der Waals surface area contributed by atoms with Crippen LogP contribution in [0.4, 0.5) is 0 Å². The lowest BCUT2D eigenvalue weighted by molar-refractivity contribution is -0.0389. The summed E-state index contributed by atoms with van der Waals surface area (Å²) < 4.78 is 45.4. The van der Waals surface area contributed by atoms with Crippen LogP contribution in [0.1, 0.15) is 13.8 Å². The standard InChI is InChI=1S/C14H30B3O8P/c1-7-12(9(5-20-3)23-13(7)15)25-26(18,19)22-6-10-11(21-4)8(2)14(17-16)24-10/h7-14,17H,5-6,15-16H2,1-4H3,(H,18,19)/t7-,8-,9+,10+,11?,12?,13+,14+/m0/s1. The van der Waals surface area contributed by atoms with Gasteiger partial charge in [0.25, 0.3) is 0 Å². The molecule has 0 bridgehead atoms. The minimum absolute atomic E-state index is 0.0442. The molecule has 0 amide bonds. The first kappa shape index (κ1) is 22.4. The third kappa shape index (κ3) is 5.14. The van der Waals surface area contributed by atoms with E-state index < -0.39 is 26.1 Å². The molecule has 9 atom stereocenters. The molecule has 12 heteroatoms. The van der Waals surface area contributed by atoms with Crippen LogP contribution in [-0.2, 0) is 32.6 Å².